The molecule has 4 rings (SSSR count). The smallest absolute Gasteiger partial charge is 0.338 e. The average molecular weight is 473 g/mol. The van der Waals surface area contributed by atoms with Crippen molar-refractivity contribution >= 4 is 39.3 Å². The van der Waals surface area contributed by atoms with Crippen LogP contribution in [0.3, 0.4) is 0 Å². The predicted molar refractivity (Wildman–Crippen MR) is 113 cm³/mol. The number of benzene rings is 1. The molecule has 148 valence electrons. The summed E-state index contributed by atoms with van der Waals surface area (Å²) in [7, 11) is 0. The van der Waals surface area contributed by atoms with Gasteiger partial charge in [0.2, 0.25) is 0 Å². The SMILES string of the molecule is CCOC(=O)C1=C(C)N=c2s/c(=C/c3ccco3)c(=O)n2C1c1ccc(Br)cc1. The van der Waals surface area contributed by atoms with Crippen LogP contribution in [0, 0.1) is 0 Å². The molecule has 1 atom stereocenters. The number of nitrogens with zero attached hydrogens (tertiary/aromatic N) is 2. The second-order valence-corrected chi connectivity index (χ2v) is 8.29. The fraction of sp³-hybridized carbons (Fsp3) is 0.190. The number of allylic oxidation sites excluding steroid dienone is 1. The lowest BCUT2D eigenvalue weighted by molar-refractivity contribution is -0.139. The number of esters is 1. The fourth-order valence-electron chi connectivity index (χ4n) is 3.25. The minimum atomic E-state index is -0.614. The first-order chi connectivity index (χ1) is 14.0. The van der Waals surface area contributed by atoms with E-state index in [1.807, 2.05) is 24.3 Å². The highest BCUT2D eigenvalue weighted by molar-refractivity contribution is 9.10. The third-order valence-corrected chi connectivity index (χ3v) is 6.03. The molecule has 0 aliphatic carbocycles. The maximum absolute atomic E-state index is 13.3. The van der Waals surface area contributed by atoms with Crippen LogP contribution in [0.25, 0.3) is 6.08 Å². The Labute approximate surface area is 178 Å². The molecule has 0 saturated heterocycles. The molecule has 0 radical (unpaired) electrons. The molecule has 6 nitrogen and oxygen atoms in total. The summed E-state index contributed by atoms with van der Waals surface area (Å²) in [6, 6.07) is 10.5. The molecule has 0 bridgehead atoms. The molecule has 29 heavy (non-hydrogen) atoms. The van der Waals surface area contributed by atoms with Gasteiger partial charge in [0.05, 0.1) is 34.7 Å². The first-order valence-corrected chi connectivity index (χ1v) is 10.6. The molecule has 1 aromatic carbocycles. The van der Waals surface area contributed by atoms with Crippen LogP contribution >= 0.6 is 27.3 Å². The molecule has 0 N–H and O–H groups in total. The Bertz CT molecular complexity index is 1270. The van der Waals surface area contributed by atoms with Gasteiger partial charge >= 0.3 is 5.97 Å². The van der Waals surface area contributed by atoms with E-state index in [0.717, 1.165) is 10.0 Å². The van der Waals surface area contributed by atoms with Crippen molar-refractivity contribution in [2.75, 3.05) is 6.61 Å². The van der Waals surface area contributed by atoms with Gasteiger partial charge in [0.25, 0.3) is 5.56 Å². The van der Waals surface area contributed by atoms with Gasteiger partial charge in [-0.05, 0) is 43.7 Å². The van der Waals surface area contributed by atoms with Gasteiger partial charge in [-0.15, -0.1) is 0 Å². The lowest BCUT2D eigenvalue weighted by Gasteiger charge is -2.24. The molecule has 0 spiro atoms. The second kappa shape index (κ2) is 7.96. The number of rotatable bonds is 4. The molecule has 0 fully saturated rings. The number of halogens is 1. The third kappa shape index (κ3) is 3.65. The minimum absolute atomic E-state index is 0.229. The summed E-state index contributed by atoms with van der Waals surface area (Å²) in [5.41, 5.74) is 1.48. The van der Waals surface area contributed by atoms with Crippen LogP contribution in [0.2, 0.25) is 0 Å². The second-order valence-electron chi connectivity index (χ2n) is 6.37. The van der Waals surface area contributed by atoms with Crippen LogP contribution in [-0.2, 0) is 9.53 Å². The van der Waals surface area contributed by atoms with Crippen LogP contribution in [0.4, 0.5) is 0 Å². The van der Waals surface area contributed by atoms with Crippen molar-refractivity contribution in [1.29, 1.82) is 0 Å². The summed E-state index contributed by atoms with van der Waals surface area (Å²) >= 11 is 4.70. The molecule has 2 aromatic heterocycles. The van der Waals surface area contributed by atoms with E-state index in [0.29, 0.717) is 26.4 Å². The molecule has 1 unspecified atom stereocenters. The van der Waals surface area contributed by atoms with Crippen LogP contribution in [-0.4, -0.2) is 17.1 Å². The van der Waals surface area contributed by atoms with Crippen molar-refractivity contribution in [1.82, 2.24) is 4.57 Å². The van der Waals surface area contributed by atoms with Crippen molar-refractivity contribution in [3.8, 4) is 0 Å². The number of hydrogen-bond acceptors (Lipinski definition) is 6. The maximum atomic E-state index is 13.3. The van der Waals surface area contributed by atoms with Crippen LogP contribution < -0.4 is 14.9 Å². The number of hydrogen-bond donors (Lipinski definition) is 0. The predicted octanol–water partition coefficient (Wildman–Crippen LogP) is 3.15. The van der Waals surface area contributed by atoms with Crippen LogP contribution in [0.5, 0.6) is 0 Å². The summed E-state index contributed by atoms with van der Waals surface area (Å²) in [5.74, 6) is 0.110. The van der Waals surface area contributed by atoms with Crippen molar-refractivity contribution in [2.24, 2.45) is 4.99 Å². The first kappa shape index (κ1) is 19.6. The van der Waals surface area contributed by atoms with Gasteiger partial charge in [-0.25, -0.2) is 9.79 Å². The molecule has 1 aliphatic rings. The lowest BCUT2D eigenvalue weighted by Crippen LogP contribution is -2.39. The number of fused-ring (bicyclic) bond motifs is 1. The van der Waals surface area contributed by atoms with Crippen molar-refractivity contribution < 1.29 is 13.9 Å². The van der Waals surface area contributed by atoms with Crippen molar-refractivity contribution in [3.63, 3.8) is 0 Å². The van der Waals surface area contributed by atoms with Gasteiger partial charge in [-0.1, -0.05) is 39.4 Å². The Hall–Kier alpha value is -2.71. The number of thiazole rings is 1. The third-order valence-electron chi connectivity index (χ3n) is 4.52. The van der Waals surface area contributed by atoms with Crippen LogP contribution in [0.1, 0.15) is 31.2 Å². The molecule has 1 aliphatic heterocycles. The average Bonchev–Trinajstić information content (AvgIpc) is 3.30. The fourth-order valence-corrected chi connectivity index (χ4v) is 4.55. The molecular formula is C21H17BrN2O4S. The number of carbonyl (C=O) groups is 1. The summed E-state index contributed by atoms with van der Waals surface area (Å²) in [6.07, 6.45) is 3.24. The molecular weight excluding hydrogens is 456 g/mol. The monoisotopic (exact) mass is 472 g/mol. The van der Waals surface area contributed by atoms with Crippen LogP contribution in [0.15, 0.2) is 72.6 Å². The Balaban J connectivity index is 1.97. The Morgan fingerprint density at radius 1 is 1.34 bits per heavy atom. The highest BCUT2D eigenvalue weighted by Crippen LogP contribution is 2.31. The van der Waals surface area contributed by atoms with E-state index in [9.17, 15) is 9.59 Å². The summed E-state index contributed by atoms with van der Waals surface area (Å²) in [4.78, 5) is 31.1. The zero-order valence-corrected chi connectivity index (χ0v) is 18.1. The minimum Gasteiger partial charge on any atom is -0.465 e. The van der Waals surface area contributed by atoms with Gasteiger partial charge in [-0.3, -0.25) is 9.36 Å². The Morgan fingerprint density at radius 2 is 2.10 bits per heavy atom. The van der Waals surface area contributed by atoms with Gasteiger partial charge in [-0.2, -0.15) is 0 Å². The molecule has 0 amide bonds. The number of ether oxygens (including phenoxy) is 1. The quantitative estimate of drug-likeness (QED) is 0.546. The van der Waals surface area contributed by atoms with E-state index in [4.69, 9.17) is 9.15 Å². The number of aromatic nitrogens is 1. The summed E-state index contributed by atoms with van der Waals surface area (Å²) in [5, 5.41) is 0. The highest BCUT2D eigenvalue weighted by Gasteiger charge is 2.33. The summed E-state index contributed by atoms with van der Waals surface area (Å²) in [6.45, 7) is 3.76. The lowest BCUT2D eigenvalue weighted by atomic mass is 9.96. The Kier molecular flexibility index (Phi) is 5.38. The number of carbonyl (C=O) groups excluding carboxylic acids is 1. The largest absolute Gasteiger partial charge is 0.465 e. The molecule has 8 heteroatoms. The molecule has 0 saturated carbocycles. The highest BCUT2D eigenvalue weighted by atomic mass is 79.9. The maximum Gasteiger partial charge on any atom is 0.338 e. The molecule has 3 aromatic rings. The van der Waals surface area contributed by atoms with Gasteiger partial charge < -0.3 is 9.15 Å². The van der Waals surface area contributed by atoms with Gasteiger partial charge in [0.1, 0.15) is 5.76 Å². The standard InChI is InChI=1S/C21H17BrN2O4S/c1-3-27-20(26)17-12(2)23-21-24(18(17)13-6-8-14(22)9-7-13)19(25)16(29-21)11-15-5-4-10-28-15/h4-11,18H,3H2,1-2H3/b16-11+. The summed E-state index contributed by atoms with van der Waals surface area (Å²) < 4.78 is 13.6. The van der Waals surface area contributed by atoms with Gasteiger partial charge in [0, 0.05) is 10.5 Å². The van der Waals surface area contributed by atoms with E-state index in [1.165, 1.54) is 11.3 Å². The first-order valence-electron chi connectivity index (χ1n) is 8.98. The van der Waals surface area contributed by atoms with E-state index in [1.54, 1.807) is 42.9 Å². The van der Waals surface area contributed by atoms with Gasteiger partial charge in [0.15, 0.2) is 4.80 Å². The van der Waals surface area contributed by atoms with E-state index in [-0.39, 0.29) is 12.2 Å². The van der Waals surface area contributed by atoms with E-state index in [2.05, 4.69) is 20.9 Å². The normalized spacial score (nSPS) is 16.5. The zero-order chi connectivity index (χ0) is 20.5. The van der Waals surface area contributed by atoms with Crippen molar-refractivity contribution in [3.05, 3.63) is 89.4 Å². The van der Waals surface area contributed by atoms with Crippen molar-refractivity contribution in [2.45, 2.75) is 19.9 Å². The van der Waals surface area contributed by atoms with E-state index < -0.39 is 12.0 Å². The van der Waals surface area contributed by atoms with E-state index >= 15 is 0 Å². The number of furan rings is 1. The molecule has 3 heterocycles. The topological polar surface area (TPSA) is 73.8 Å². The zero-order valence-electron chi connectivity index (χ0n) is 15.7. The Morgan fingerprint density at radius 3 is 2.76 bits per heavy atom.